The maximum atomic E-state index is 11.0. The normalized spacial score (nSPS) is 21.9. The number of aliphatic hydroxyl groups excluding tert-OH is 3. The lowest BCUT2D eigenvalue weighted by Crippen LogP contribution is -2.08. The van der Waals surface area contributed by atoms with Crippen LogP contribution in [-0.4, -0.2) is 46.7 Å². The Hall–Kier alpha value is -1.43. The highest BCUT2D eigenvalue weighted by Gasteiger charge is 2.28. The third-order valence-corrected chi connectivity index (χ3v) is 4.66. The van der Waals surface area contributed by atoms with Crippen molar-refractivity contribution < 1.29 is 24.9 Å². The fourth-order valence-corrected chi connectivity index (χ4v) is 3.07. The Morgan fingerprint density at radius 1 is 1.23 bits per heavy atom. The largest absolute Gasteiger partial charge is 0.469 e. The SMILES string of the molecule is CCCCC[C@H](O)/C=C/C1=C(C/C=C\CCCC(=O)OC)[C@H](O)C[C@@H]1O. The van der Waals surface area contributed by atoms with Gasteiger partial charge in [-0.3, -0.25) is 4.79 Å². The molecule has 0 bridgehead atoms. The van der Waals surface area contributed by atoms with Crippen LogP contribution < -0.4 is 0 Å². The highest BCUT2D eigenvalue weighted by molar-refractivity contribution is 5.69. The zero-order chi connectivity index (χ0) is 19.4. The van der Waals surface area contributed by atoms with Gasteiger partial charge in [-0.15, -0.1) is 0 Å². The Morgan fingerprint density at radius 3 is 2.69 bits per heavy atom. The number of methoxy groups -OCH3 is 1. The van der Waals surface area contributed by atoms with Crippen molar-refractivity contribution in [1.29, 1.82) is 0 Å². The van der Waals surface area contributed by atoms with Crippen LogP contribution in [0.4, 0.5) is 0 Å². The van der Waals surface area contributed by atoms with Crippen LogP contribution in [0, 0.1) is 0 Å². The van der Waals surface area contributed by atoms with E-state index < -0.39 is 18.3 Å². The first-order valence-corrected chi connectivity index (χ1v) is 9.66. The minimum atomic E-state index is -0.688. The van der Waals surface area contributed by atoms with E-state index in [2.05, 4.69) is 11.7 Å². The van der Waals surface area contributed by atoms with Gasteiger partial charge in [-0.2, -0.15) is 0 Å². The summed E-state index contributed by atoms with van der Waals surface area (Å²) in [5, 5.41) is 30.3. The first kappa shape index (κ1) is 22.6. The molecule has 0 heterocycles. The van der Waals surface area contributed by atoms with Gasteiger partial charge < -0.3 is 20.1 Å². The predicted octanol–water partition coefficient (Wildman–Crippen LogP) is 3.20. The lowest BCUT2D eigenvalue weighted by atomic mass is 10.0. The molecule has 0 spiro atoms. The summed E-state index contributed by atoms with van der Waals surface area (Å²) in [5.74, 6) is -0.208. The fourth-order valence-electron chi connectivity index (χ4n) is 3.07. The van der Waals surface area contributed by atoms with Gasteiger partial charge in [0.25, 0.3) is 0 Å². The van der Waals surface area contributed by atoms with Crippen LogP contribution in [0.15, 0.2) is 35.5 Å². The number of carbonyl (C=O) groups excluding carboxylic acids is 1. The average Bonchev–Trinajstić information content (AvgIpc) is 2.89. The van der Waals surface area contributed by atoms with Crippen molar-refractivity contribution in [3.8, 4) is 0 Å². The second kappa shape index (κ2) is 12.8. The molecule has 0 saturated heterocycles. The van der Waals surface area contributed by atoms with Gasteiger partial charge in [0, 0.05) is 12.8 Å². The molecule has 5 heteroatoms. The second-order valence-corrected chi connectivity index (χ2v) is 6.81. The van der Waals surface area contributed by atoms with Crippen LogP contribution in [0.25, 0.3) is 0 Å². The average molecular weight is 366 g/mol. The third kappa shape index (κ3) is 8.30. The highest BCUT2D eigenvalue weighted by Crippen LogP contribution is 2.31. The van der Waals surface area contributed by atoms with E-state index in [1.54, 1.807) is 12.2 Å². The number of rotatable bonds is 12. The van der Waals surface area contributed by atoms with Crippen molar-refractivity contribution in [2.75, 3.05) is 7.11 Å². The molecule has 5 nitrogen and oxygen atoms in total. The summed E-state index contributed by atoms with van der Waals surface area (Å²) < 4.78 is 4.60. The topological polar surface area (TPSA) is 87.0 Å². The number of esters is 1. The van der Waals surface area contributed by atoms with E-state index in [-0.39, 0.29) is 5.97 Å². The molecule has 3 atom stereocenters. The number of hydrogen-bond acceptors (Lipinski definition) is 5. The van der Waals surface area contributed by atoms with Crippen molar-refractivity contribution >= 4 is 5.97 Å². The van der Waals surface area contributed by atoms with Crippen molar-refractivity contribution in [3.63, 3.8) is 0 Å². The van der Waals surface area contributed by atoms with E-state index in [0.29, 0.717) is 31.3 Å². The summed E-state index contributed by atoms with van der Waals surface area (Å²) in [5.41, 5.74) is 1.52. The van der Waals surface area contributed by atoms with Crippen LogP contribution in [0.3, 0.4) is 0 Å². The molecule has 0 amide bonds. The lowest BCUT2D eigenvalue weighted by Gasteiger charge is -2.08. The minimum absolute atomic E-state index is 0.208. The van der Waals surface area contributed by atoms with E-state index in [1.165, 1.54) is 7.11 Å². The molecular weight excluding hydrogens is 332 g/mol. The van der Waals surface area contributed by atoms with E-state index >= 15 is 0 Å². The van der Waals surface area contributed by atoms with Crippen LogP contribution in [0.2, 0.25) is 0 Å². The molecule has 26 heavy (non-hydrogen) atoms. The quantitative estimate of drug-likeness (QED) is 0.280. The van der Waals surface area contributed by atoms with Crippen LogP contribution in [0.1, 0.15) is 64.7 Å². The van der Waals surface area contributed by atoms with Gasteiger partial charge >= 0.3 is 5.97 Å². The molecule has 0 aromatic carbocycles. The van der Waals surface area contributed by atoms with Gasteiger partial charge in [0.05, 0.1) is 25.4 Å². The Bertz CT molecular complexity index is 507. The molecule has 1 rings (SSSR count). The van der Waals surface area contributed by atoms with Crippen molar-refractivity contribution in [3.05, 3.63) is 35.5 Å². The van der Waals surface area contributed by atoms with Crippen molar-refractivity contribution in [2.24, 2.45) is 0 Å². The fraction of sp³-hybridized carbons (Fsp3) is 0.667. The zero-order valence-electron chi connectivity index (χ0n) is 16.1. The molecular formula is C21H34O5. The molecule has 1 aliphatic rings. The first-order chi connectivity index (χ1) is 12.5. The summed E-state index contributed by atoms with van der Waals surface area (Å²) >= 11 is 0. The van der Waals surface area contributed by atoms with Crippen LogP contribution in [-0.2, 0) is 9.53 Å². The standard InChI is InChI=1S/C21H34O5/c1-3-4-7-10-16(22)13-14-18-17(19(23)15-20(18)24)11-8-5-6-9-12-21(25)26-2/h5,8,13-14,16,19-20,22-24H,3-4,6-7,9-12,15H2,1-2H3/b8-5-,14-13+/t16-,19+,20-/m0/s1. The second-order valence-electron chi connectivity index (χ2n) is 6.81. The third-order valence-electron chi connectivity index (χ3n) is 4.66. The number of unbranched alkanes of at least 4 members (excludes halogenated alkanes) is 3. The van der Waals surface area contributed by atoms with Gasteiger partial charge in [0.2, 0.25) is 0 Å². The highest BCUT2D eigenvalue weighted by atomic mass is 16.5. The van der Waals surface area contributed by atoms with Crippen molar-refractivity contribution in [2.45, 2.75) is 83.0 Å². The van der Waals surface area contributed by atoms with Gasteiger partial charge in [0.1, 0.15) is 0 Å². The predicted molar refractivity (Wildman–Crippen MR) is 103 cm³/mol. The summed E-state index contributed by atoms with van der Waals surface area (Å²) in [6.45, 7) is 2.12. The zero-order valence-corrected chi connectivity index (χ0v) is 16.1. The van der Waals surface area contributed by atoms with Gasteiger partial charge in [0.15, 0.2) is 0 Å². The molecule has 0 aliphatic heterocycles. The Balaban J connectivity index is 2.55. The molecule has 0 saturated carbocycles. The summed E-state index contributed by atoms with van der Waals surface area (Å²) in [6.07, 6.45) is 12.2. The number of ether oxygens (including phenoxy) is 1. The number of allylic oxidation sites excluding steroid dienone is 2. The van der Waals surface area contributed by atoms with Gasteiger partial charge in [-0.1, -0.05) is 50.5 Å². The molecule has 0 fully saturated rings. The molecule has 0 radical (unpaired) electrons. The van der Waals surface area contributed by atoms with Crippen LogP contribution in [0.5, 0.6) is 0 Å². The first-order valence-electron chi connectivity index (χ1n) is 9.66. The van der Waals surface area contributed by atoms with E-state index in [9.17, 15) is 20.1 Å². The molecule has 1 aliphatic carbocycles. The monoisotopic (exact) mass is 366 g/mol. The van der Waals surface area contributed by atoms with Gasteiger partial charge in [-0.05, 0) is 36.8 Å². The lowest BCUT2D eigenvalue weighted by molar-refractivity contribution is -0.140. The van der Waals surface area contributed by atoms with Crippen molar-refractivity contribution in [1.82, 2.24) is 0 Å². The summed E-state index contributed by atoms with van der Waals surface area (Å²) in [7, 11) is 1.38. The molecule has 0 aromatic heterocycles. The number of aliphatic hydroxyl groups is 3. The maximum absolute atomic E-state index is 11.0. The van der Waals surface area contributed by atoms with Gasteiger partial charge in [-0.25, -0.2) is 0 Å². The summed E-state index contributed by atoms with van der Waals surface area (Å²) in [6, 6.07) is 0. The molecule has 3 N–H and O–H groups in total. The smallest absolute Gasteiger partial charge is 0.305 e. The van der Waals surface area contributed by atoms with E-state index in [0.717, 1.165) is 37.7 Å². The number of carbonyl (C=O) groups is 1. The van der Waals surface area contributed by atoms with E-state index in [4.69, 9.17) is 0 Å². The molecule has 148 valence electrons. The minimum Gasteiger partial charge on any atom is -0.469 e. The number of hydrogen-bond donors (Lipinski definition) is 3. The Kier molecular flexibility index (Phi) is 11.2. The van der Waals surface area contributed by atoms with E-state index in [1.807, 2.05) is 12.2 Å². The molecule has 0 unspecified atom stereocenters. The Morgan fingerprint density at radius 2 is 2.00 bits per heavy atom. The maximum Gasteiger partial charge on any atom is 0.305 e. The Labute approximate surface area is 157 Å². The summed E-state index contributed by atoms with van der Waals surface area (Å²) in [4.78, 5) is 11.0. The van der Waals surface area contributed by atoms with Crippen LogP contribution >= 0.6 is 0 Å². The molecule has 0 aromatic rings.